The average Bonchev–Trinajstić information content (AvgIpc) is 2.20. The summed E-state index contributed by atoms with van der Waals surface area (Å²) in [4.78, 5) is 0. The first-order chi connectivity index (χ1) is 7.64. The first kappa shape index (κ1) is 14.4. The van der Waals surface area contributed by atoms with Gasteiger partial charge in [0.1, 0.15) is 11.6 Å². The summed E-state index contributed by atoms with van der Waals surface area (Å²) in [5.74, 6) is -1.30. The molecule has 1 aromatic rings. The van der Waals surface area contributed by atoms with Crippen molar-refractivity contribution in [3.05, 3.63) is 34.9 Å². The number of aryl methyl sites for hydroxylation is 1. The van der Waals surface area contributed by atoms with E-state index < -0.39 is 32.1 Å². The van der Waals surface area contributed by atoms with E-state index in [-0.39, 0.29) is 11.1 Å². The molecule has 0 aliphatic carbocycles. The van der Waals surface area contributed by atoms with Gasteiger partial charge >= 0.3 is 0 Å². The monoisotopic (exact) mass is 282 g/mol. The van der Waals surface area contributed by atoms with Crippen molar-refractivity contribution in [2.75, 3.05) is 6.26 Å². The van der Waals surface area contributed by atoms with Gasteiger partial charge in [-0.25, -0.2) is 17.2 Å². The van der Waals surface area contributed by atoms with Crippen molar-refractivity contribution in [2.45, 2.75) is 24.5 Å². The summed E-state index contributed by atoms with van der Waals surface area (Å²) >= 11 is 5.89. The highest BCUT2D eigenvalue weighted by atomic mass is 35.5. The zero-order valence-electron chi connectivity index (χ0n) is 9.67. The standard InChI is InChI=1S/C11H13ClF2O2S/c1-6-4-10(14)8(5-9(6)13)11(12)7(2)17(3,15)16/h4-5,7,11H,1-3H3. The number of hydrogen-bond donors (Lipinski definition) is 0. The molecule has 1 aromatic carbocycles. The Morgan fingerprint density at radius 1 is 1.24 bits per heavy atom. The molecule has 17 heavy (non-hydrogen) atoms. The number of sulfone groups is 1. The Kier molecular flexibility index (Phi) is 4.15. The predicted molar refractivity (Wildman–Crippen MR) is 64.0 cm³/mol. The lowest BCUT2D eigenvalue weighted by molar-refractivity contribution is 0.564. The van der Waals surface area contributed by atoms with Gasteiger partial charge in [-0.05, 0) is 31.5 Å². The first-order valence-corrected chi connectivity index (χ1v) is 7.32. The Labute approximate surface area is 105 Å². The van der Waals surface area contributed by atoms with Crippen LogP contribution >= 0.6 is 11.6 Å². The van der Waals surface area contributed by atoms with Gasteiger partial charge in [-0.3, -0.25) is 0 Å². The van der Waals surface area contributed by atoms with E-state index >= 15 is 0 Å². The van der Waals surface area contributed by atoms with Gasteiger partial charge in [0.15, 0.2) is 9.84 Å². The number of halogens is 3. The van der Waals surface area contributed by atoms with E-state index in [2.05, 4.69) is 0 Å². The normalized spacial score (nSPS) is 15.6. The molecular weight excluding hydrogens is 270 g/mol. The molecule has 0 aliphatic heterocycles. The van der Waals surface area contributed by atoms with Gasteiger partial charge < -0.3 is 0 Å². The van der Waals surface area contributed by atoms with Crippen LogP contribution in [-0.2, 0) is 9.84 Å². The number of alkyl halides is 1. The molecule has 96 valence electrons. The molecule has 0 N–H and O–H groups in total. The number of benzene rings is 1. The summed E-state index contributed by atoms with van der Waals surface area (Å²) in [6.45, 7) is 2.79. The van der Waals surface area contributed by atoms with Crippen LogP contribution in [0.15, 0.2) is 12.1 Å². The van der Waals surface area contributed by atoms with Crippen molar-refractivity contribution >= 4 is 21.4 Å². The molecule has 0 aliphatic rings. The Morgan fingerprint density at radius 3 is 2.24 bits per heavy atom. The summed E-state index contributed by atoms with van der Waals surface area (Å²) in [6.07, 6.45) is 1.01. The molecule has 0 heterocycles. The zero-order chi connectivity index (χ0) is 13.4. The molecule has 2 atom stereocenters. The Balaban J connectivity index is 3.22. The van der Waals surface area contributed by atoms with Gasteiger partial charge in [0.05, 0.1) is 10.6 Å². The van der Waals surface area contributed by atoms with E-state index in [0.29, 0.717) is 0 Å². The molecule has 0 saturated carbocycles. The highest BCUT2D eigenvalue weighted by Crippen LogP contribution is 2.31. The first-order valence-electron chi connectivity index (χ1n) is 4.93. The van der Waals surface area contributed by atoms with Crippen molar-refractivity contribution in [1.82, 2.24) is 0 Å². The third kappa shape index (κ3) is 3.16. The van der Waals surface area contributed by atoms with Gasteiger partial charge in [0.2, 0.25) is 0 Å². The molecule has 0 fully saturated rings. The lowest BCUT2D eigenvalue weighted by Gasteiger charge is -2.17. The quantitative estimate of drug-likeness (QED) is 0.799. The molecule has 0 amide bonds. The summed E-state index contributed by atoms with van der Waals surface area (Å²) in [7, 11) is -3.41. The minimum absolute atomic E-state index is 0.132. The smallest absolute Gasteiger partial charge is 0.151 e. The van der Waals surface area contributed by atoms with Crippen molar-refractivity contribution in [3.63, 3.8) is 0 Å². The van der Waals surface area contributed by atoms with Crippen LogP contribution < -0.4 is 0 Å². The highest BCUT2D eigenvalue weighted by Gasteiger charge is 2.28. The molecule has 0 bridgehead atoms. The Bertz CT molecular complexity index is 529. The van der Waals surface area contributed by atoms with Gasteiger partial charge in [-0.2, -0.15) is 0 Å². The van der Waals surface area contributed by atoms with Gasteiger partial charge in [0.25, 0.3) is 0 Å². The SMILES string of the molecule is Cc1cc(F)c(C(Cl)C(C)S(C)(=O)=O)cc1F. The van der Waals surface area contributed by atoms with E-state index in [1.807, 2.05) is 0 Å². The fourth-order valence-electron chi connectivity index (χ4n) is 1.34. The third-order valence-electron chi connectivity index (χ3n) is 2.66. The average molecular weight is 283 g/mol. The molecule has 0 spiro atoms. The van der Waals surface area contributed by atoms with E-state index in [9.17, 15) is 17.2 Å². The molecule has 2 nitrogen and oxygen atoms in total. The number of hydrogen-bond acceptors (Lipinski definition) is 2. The van der Waals surface area contributed by atoms with Crippen LogP contribution in [0.5, 0.6) is 0 Å². The maximum absolute atomic E-state index is 13.6. The Morgan fingerprint density at radius 2 is 1.76 bits per heavy atom. The lowest BCUT2D eigenvalue weighted by atomic mass is 10.1. The van der Waals surface area contributed by atoms with Crippen LogP contribution in [0, 0.1) is 18.6 Å². The molecule has 0 saturated heterocycles. The van der Waals surface area contributed by atoms with Gasteiger partial charge in [-0.15, -0.1) is 11.6 Å². The van der Waals surface area contributed by atoms with Crippen molar-refractivity contribution in [2.24, 2.45) is 0 Å². The predicted octanol–water partition coefficient (Wildman–Crippen LogP) is 2.99. The molecule has 6 heteroatoms. The van der Waals surface area contributed by atoms with Crippen LogP contribution in [-0.4, -0.2) is 19.9 Å². The van der Waals surface area contributed by atoms with E-state index in [1.54, 1.807) is 0 Å². The maximum Gasteiger partial charge on any atom is 0.151 e. The van der Waals surface area contributed by atoms with Crippen molar-refractivity contribution < 1.29 is 17.2 Å². The molecule has 1 rings (SSSR count). The fourth-order valence-corrected chi connectivity index (χ4v) is 2.65. The second-order valence-corrected chi connectivity index (χ2v) is 6.93. The summed E-state index contributed by atoms with van der Waals surface area (Å²) in [5.41, 5.74) is 0.0230. The maximum atomic E-state index is 13.6. The fraction of sp³-hybridized carbons (Fsp3) is 0.455. The Hall–Kier alpha value is -0.680. The molecule has 2 unspecified atom stereocenters. The van der Waals surface area contributed by atoms with Crippen molar-refractivity contribution in [1.29, 1.82) is 0 Å². The third-order valence-corrected chi connectivity index (χ3v) is 5.05. The van der Waals surface area contributed by atoms with Crippen LogP contribution in [0.2, 0.25) is 0 Å². The van der Waals surface area contributed by atoms with Crippen LogP contribution in [0.3, 0.4) is 0 Å². The molecule has 0 aromatic heterocycles. The van der Waals surface area contributed by atoms with Crippen LogP contribution in [0.25, 0.3) is 0 Å². The van der Waals surface area contributed by atoms with E-state index in [4.69, 9.17) is 11.6 Å². The van der Waals surface area contributed by atoms with Crippen LogP contribution in [0.4, 0.5) is 8.78 Å². The molecule has 0 radical (unpaired) electrons. The summed E-state index contributed by atoms with van der Waals surface area (Å²) in [5, 5.41) is -2.10. The minimum Gasteiger partial charge on any atom is -0.229 e. The zero-order valence-corrected chi connectivity index (χ0v) is 11.2. The highest BCUT2D eigenvalue weighted by molar-refractivity contribution is 7.91. The lowest BCUT2D eigenvalue weighted by Crippen LogP contribution is -2.22. The second-order valence-electron chi connectivity index (χ2n) is 4.06. The van der Waals surface area contributed by atoms with Gasteiger partial charge in [0, 0.05) is 11.8 Å². The molecular formula is C11H13ClF2O2S. The minimum atomic E-state index is -3.41. The van der Waals surface area contributed by atoms with E-state index in [0.717, 1.165) is 18.4 Å². The van der Waals surface area contributed by atoms with Gasteiger partial charge in [-0.1, -0.05) is 0 Å². The summed E-state index contributed by atoms with van der Waals surface area (Å²) in [6, 6.07) is 1.96. The summed E-state index contributed by atoms with van der Waals surface area (Å²) < 4.78 is 49.5. The van der Waals surface area contributed by atoms with E-state index in [1.165, 1.54) is 13.8 Å². The second kappa shape index (κ2) is 4.90. The largest absolute Gasteiger partial charge is 0.229 e. The van der Waals surface area contributed by atoms with Crippen LogP contribution in [0.1, 0.15) is 23.4 Å². The number of rotatable bonds is 3. The topological polar surface area (TPSA) is 34.1 Å². The van der Waals surface area contributed by atoms with Crippen molar-refractivity contribution in [3.8, 4) is 0 Å².